The van der Waals surface area contributed by atoms with Gasteiger partial charge in [0.2, 0.25) is 0 Å². The number of aliphatic hydroxyl groups is 1. The summed E-state index contributed by atoms with van der Waals surface area (Å²) in [5.74, 6) is -2.36. The summed E-state index contributed by atoms with van der Waals surface area (Å²) in [5.41, 5.74) is 0. The van der Waals surface area contributed by atoms with Crippen LogP contribution in [0.1, 0.15) is 90.4 Å². The van der Waals surface area contributed by atoms with E-state index in [0.29, 0.717) is 6.42 Å². The molecule has 0 aliphatic rings. The van der Waals surface area contributed by atoms with Crippen LogP contribution < -0.4 is 29.6 Å². The summed E-state index contributed by atoms with van der Waals surface area (Å²) in [5, 5.41) is 7.40. The van der Waals surface area contributed by atoms with Gasteiger partial charge in [0.1, 0.15) is 22.8 Å². The Kier molecular flexibility index (Phi) is 25.0. The number of carbonyl (C=O) groups excluding carboxylic acids is 2. The molecule has 11 heteroatoms. The van der Waals surface area contributed by atoms with E-state index in [1.807, 2.05) is 0 Å². The minimum Gasteiger partial charge on any atom is -0.747 e. The minimum atomic E-state index is -5.14. The molecule has 0 heterocycles. The second-order valence-corrected chi connectivity index (χ2v) is 9.96. The van der Waals surface area contributed by atoms with Crippen molar-refractivity contribution in [3.8, 4) is 0 Å². The van der Waals surface area contributed by atoms with E-state index >= 15 is 0 Å². The van der Waals surface area contributed by atoms with Crippen LogP contribution in [0.2, 0.25) is 0 Å². The number of ether oxygens (including phenoxy) is 3. The van der Waals surface area contributed by atoms with Crippen molar-refractivity contribution in [1.82, 2.24) is 0 Å². The van der Waals surface area contributed by atoms with Gasteiger partial charge in [-0.2, -0.15) is 0 Å². The number of rotatable bonds is 23. The van der Waals surface area contributed by atoms with E-state index in [1.165, 1.54) is 57.4 Å². The predicted molar refractivity (Wildman–Crippen MR) is 128 cm³/mol. The van der Waals surface area contributed by atoms with E-state index in [1.54, 1.807) is 0 Å². The Labute approximate surface area is 233 Å². The van der Waals surface area contributed by atoms with Gasteiger partial charge in [0.25, 0.3) is 0 Å². The van der Waals surface area contributed by atoms with Gasteiger partial charge in [-0.15, -0.1) is 6.58 Å². The molecule has 0 amide bonds. The Bertz CT molecular complexity index is 655. The molecule has 0 fully saturated rings. The fraction of sp³-hybridized carbons (Fsp3) is 0.833. The van der Waals surface area contributed by atoms with Crippen molar-refractivity contribution in [2.24, 2.45) is 0 Å². The molecule has 0 spiro atoms. The Balaban J connectivity index is 0. The van der Waals surface area contributed by atoms with Crippen molar-refractivity contribution in [2.75, 3.05) is 26.4 Å². The summed E-state index contributed by atoms with van der Waals surface area (Å²) < 4.78 is 48.8. The third-order valence-electron chi connectivity index (χ3n) is 5.19. The number of esters is 2. The van der Waals surface area contributed by atoms with Crippen LogP contribution in [0.15, 0.2) is 12.7 Å². The fourth-order valence-electron chi connectivity index (χ4n) is 3.25. The first-order chi connectivity index (χ1) is 16.2. The summed E-state index contributed by atoms with van der Waals surface area (Å²) >= 11 is 0. The topological polar surface area (TPSA) is 139 Å². The van der Waals surface area contributed by atoms with Crippen LogP contribution in [0, 0.1) is 0 Å². The molecule has 0 saturated carbocycles. The molecule has 9 nitrogen and oxygen atoms in total. The average Bonchev–Trinajstić information content (AvgIpc) is 2.78. The molecule has 0 aliphatic heterocycles. The van der Waals surface area contributed by atoms with Gasteiger partial charge in [0.15, 0.2) is 5.25 Å². The van der Waals surface area contributed by atoms with E-state index < -0.39 is 46.4 Å². The quantitative estimate of drug-likeness (QED) is 0.0663. The largest absolute Gasteiger partial charge is 1.00 e. The van der Waals surface area contributed by atoms with Crippen LogP contribution in [0.3, 0.4) is 0 Å². The molecule has 0 aromatic rings. The van der Waals surface area contributed by atoms with Gasteiger partial charge < -0.3 is 23.9 Å². The van der Waals surface area contributed by atoms with Crippen LogP contribution in [-0.2, 0) is 33.9 Å². The van der Waals surface area contributed by atoms with Crippen molar-refractivity contribution in [2.45, 2.75) is 102 Å². The van der Waals surface area contributed by atoms with Gasteiger partial charge in [0.05, 0.1) is 26.2 Å². The van der Waals surface area contributed by atoms with E-state index in [-0.39, 0.29) is 49.4 Å². The summed E-state index contributed by atoms with van der Waals surface area (Å²) in [4.78, 5) is 23.9. The first-order valence-electron chi connectivity index (χ1n) is 12.4. The molecule has 0 aromatic carbocycles. The molecule has 0 aliphatic carbocycles. The first kappa shape index (κ1) is 36.7. The second-order valence-electron chi connectivity index (χ2n) is 8.41. The van der Waals surface area contributed by atoms with Crippen molar-refractivity contribution in [1.29, 1.82) is 0 Å². The molecule has 35 heavy (non-hydrogen) atoms. The summed E-state index contributed by atoms with van der Waals surface area (Å²) in [6, 6.07) is 0. The maximum Gasteiger partial charge on any atom is 1.00 e. The summed E-state index contributed by atoms with van der Waals surface area (Å²) in [6.45, 7) is 5.17. The number of carbonyl (C=O) groups is 2. The number of unbranched alkanes of at least 4 members (excludes halogenated alkanes) is 11. The van der Waals surface area contributed by atoms with Gasteiger partial charge in [-0.05, 0) is 6.42 Å². The molecule has 0 rings (SSSR count). The molecule has 200 valence electrons. The van der Waals surface area contributed by atoms with Crippen molar-refractivity contribution in [3.63, 3.8) is 0 Å². The van der Waals surface area contributed by atoms with Crippen LogP contribution in [0.4, 0.5) is 0 Å². The molecule has 2 atom stereocenters. The molecule has 0 aromatic heterocycles. The smallest absolute Gasteiger partial charge is 0.747 e. The SMILES string of the molecule is C=CCOCC(O)COC(=O)C(CC(=O)OCCCCCCCCCCCCCC)S(=O)(=O)[O-].[Na+]. The normalized spacial score (nSPS) is 12.9. The van der Waals surface area contributed by atoms with E-state index in [9.17, 15) is 27.7 Å². The van der Waals surface area contributed by atoms with Gasteiger partial charge in [-0.25, -0.2) is 8.42 Å². The Morgan fingerprint density at radius 2 is 1.43 bits per heavy atom. The third kappa shape index (κ3) is 22.4. The Morgan fingerprint density at radius 3 is 1.91 bits per heavy atom. The van der Waals surface area contributed by atoms with Crippen molar-refractivity contribution >= 4 is 22.1 Å². The average molecular weight is 531 g/mol. The van der Waals surface area contributed by atoms with E-state index in [4.69, 9.17) is 9.47 Å². The van der Waals surface area contributed by atoms with Gasteiger partial charge in [-0.3, -0.25) is 9.59 Å². The molecule has 0 saturated heterocycles. The fourth-order valence-corrected chi connectivity index (χ4v) is 3.89. The van der Waals surface area contributed by atoms with Crippen molar-refractivity contribution < 1.29 is 71.4 Å². The monoisotopic (exact) mass is 530 g/mol. The Morgan fingerprint density at radius 1 is 0.914 bits per heavy atom. The zero-order chi connectivity index (χ0) is 25.7. The maximum absolute atomic E-state index is 12.0. The molecular weight excluding hydrogens is 487 g/mol. The first-order valence-corrected chi connectivity index (χ1v) is 13.8. The predicted octanol–water partition coefficient (Wildman–Crippen LogP) is 0.645. The molecular formula is C24H43NaO9S. The van der Waals surface area contributed by atoms with E-state index in [0.717, 1.165) is 19.3 Å². The maximum atomic E-state index is 12.0. The Hall–Kier alpha value is -0.490. The second kappa shape index (κ2) is 23.9. The summed E-state index contributed by atoms with van der Waals surface area (Å²) in [7, 11) is -5.14. The molecule has 0 radical (unpaired) electrons. The zero-order valence-corrected chi connectivity index (χ0v) is 24.4. The van der Waals surface area contributed by atoms with Gasteiger partial charge >= 0.3 is 41.5 Å². The van der Waals surface area contributed by atoms with Crippen LogP contribution in [-0.4, -0.2) is 67.8 Å². The molecule has 0 bridgehead atoms. The van der Waals surface area contributed by atoms with Crippen LogP contribution in [0.5, 0.6) is 0 Å². The zero-order valence-electron chi connectivity index (χ0n) is 21.6. The summed E-state index contributed by atoms with van der Waals surface area (Å²) in [6.07, 6.45) is 13.2. The van der Waals surface area contributed by atoms with Gasteiger partial charge in [-0.1, -0.05) is 83.6 Å². The third-order valence-corrected chi connectivity index (χ3v) is 6.24. The standard InChI is InChI=1S/C24H44O9S.Na/c1-3-5-6-7-8-9-10-11-12-13-14-15-17-32-23(26)18-22(34(28,29)30)24(27)33-20-21(25)19-31-16-4-2;/h4,21-22,25H,2-3,5-20H2,1H3,(H,28,29,30);/q;+1/p-1. The van der Waals surface area contributed by atoms with Crippen molar-refractivity contribution in [3.05, 3.63) is 12.7 Å². The number of aliphatic hydroxyl groups excluding tert-OH is 1. The van der Waals surface area contributed by atoms with E-state index in [2.05, 4.69) is 18.2 Å². The molecule has 2 unspecified atom stereocenters. The molecule has 1 N–H and O–H groups in total. The van der Waals surface area contributed by atoms with Crippen LogP contribution >= 0.6 is 0 Å². The van der Waals surface area contributed by atoms with Crippen LogP contribution in [0.25, 0.3) is 0 Å². The minimum absolute atomic E-state index is 0. The number of hydrogen-bond donors (Lipinski definition) is 1. The van der Waals surface area contributed by atoms with Gasteiger partial charge in [0, 0.05) is 0 Å². The number of hydrogen-bond acceptors (Lipinski definition) is 9.